The number of nitrogens with zero attached hydrogens (tertiary/aromatic N) is 2. The minimum Gasteiger partial charge on any atom is -0.220 e. The van der Waals surface area contributed by atoms with Gasteiger partial charge in [-0.3, -0.25) is 0 Å². The lowest BCUT2D eigenvalue weighted by Crippen LogP contribution is -1.79. The molecule has 5 nitrogen and oxygen atoms in total. The Morgan fingerprint density at radius 1 is 1.70 bits per heavy atom. The van der Waals surface area contributed by atoms with Gasteiger partial charge in [0.1, 0.15) is 17.1 Å². The van der Waals surface area contributed by atoms with E-state index in [1.165, 1.54) is 11.5 Å². The first kappa shape index (κ1) is 7.89. The Morgan fingerprint density at radius 2 is 2.50 bits per heavy atom. The maximum Gasteiger partial charge on any atom is 0.230 e. The molecule has 0 fully saturated rings. The van der Waals surface area contributed by atoms with Crippen LogP contribution in [-0.2, 0) is 9.37 Å². The molecule has 0 spiro atoms. The minimum absolute atomic E-state index is 0.427. The Bertz CT molecular complexity index is 203. The zero-order valence-corrected chi connectivity index (χ0v) is 6.61. The van der Waals surface area contributed by atoms with Crippen LogP contribution >= 0.6 is 23.6 Å². The molecule has 1 aromatic rings. The highest BCUT2D eigenvalue weighted by Crippen LogP contribution is 2.16. The van der Waals surface area contributed by atoms with E-state index in [1.807, 2.05) is 6.92 Å². The Morgan fingerprint density at radius 3 is 3.00 bits per heavy atom. The lowest BCUT2D eigenvalue weighted by molar-refractivity contribution is -0.432. The number of hydrogen-bond donors (Lipinski definition) is 1. The molecule has 1 N–H and O–H groups in total. The summed E-state index contributed by atoms with van der Waals surface area (Å²) < 4.78 is 7.92. The highest BCUT2D eigenvalue weighted by Gasteiger charge is 2.01. The molecule has 0 saturated heterocycles. The van der Waals surface area contributed by atoms with E-state index in [2.05, 4.69) is 18.7 Å². The first-order valence-corrected chi connectivity index (χ1v) is 3.79. The van der Waals surface area contributed by atoms with Crippen molar-refractivity contribution in [3.63, 3.8) is 0 Å². The summed E-state index contributed by atoms with van der Waals surface area (Å²) in [6.45, 7) is 1.82. The smallest absolute Gasteiger partial charge is 0.220 e. The van der Waals surface area contributed by atoms with E-state index in [-0.39, 0.29) is 0 Å². The third kappa shape index (κ3) is 2.20. The molecule has 1 aromatic heterocycles. The summed E-state index contributed by atoms with van der Waals surface area (Å²) in [6.07, 6.45) is 0. The first-order chi connectivity index (χ1) is 4.83. The van der Waals surface area contributed by atoms with E-state index in [1.54, 1.807) is 0 Å². The van der Waals surface area contributed by atoms with Crippen molar-refractivity contribution in [2.75, 3.05) is 0 Å². The monoisotopic (exact) mass is 180 g/mol. The van der Waals surface area contributed by atoms with Crippen LogP contribution in [-0.4, -0.2) is 14.6 Å². The van der Waals surface area contributed by atoms with Crippen molar-refractivity contribution >= 4 is 23.6 Å². The quantitative estimate of drug-likeness (QED) is 0.429. The fourth-order valence-corrected chi connectivity index (χ4v) is 1.30. The molecule has 0 aliphatic heterocycles. The minimum atomic E-state index is 0.427. The van der Waals surface area contributed by atoms with E-state index < -0.39 is 0 Å². The van der Waals surface area contributed by atoms with Crippen LogP contribution in [0.15, 0.2) is 5.16 Å². The molecule has 7 heteroatoms. The van der Waals surface area contributed by atoms with Crippen molar-refractivity contribution < 1.29 is 14.6 Å². The largest absolute Gasteiger partial charge is 0.230 e. The summed E-state index contributed by atoms with van der Waals surface area (Å²) in [5.74, 6) is 0. The molecule has 1 heterocycles. The third-order valence-corrected chi connectivity index (χ3v) is 1.84. The summed E-state index contributed by atoms with van der Waals surface area (Å²) in [5.41, 5.74) is 0. The molecule has 0 radical (unpaired) electrons. The summed E-state index contributed by atoms with van der Waals surface area (Å²) in [4.78, 5) is 3.90. The standard InChI is InChI=1S/C3H4N2O3S2/c1-2-4-3(5-9-2)10-8-7-6/h6H,1H3. The van der Waals surface area contributed by atoms with E-state index in [0.717, 1.165) is 17.1 Å². The summed E-state index contributed by atoms with van der Waals surface area (Å²) >= 11 is 2.01. The number of rotatable bonds is 3. The molecule has 0 amide bonds. The van der Waals surface area contributed by atoms with Crippen molar-refractivity contribution in [3.05, 3.63) is 5.01 Å². The van der Waals surface area contributed by atoms with Crippen molar-refractivity contribution in [3.8, 4) is 0 Å². The fourth-order valence-electron chi connectivity index (χ4n) is 0.360. The van der Waals surface area contributed by atoms with Gasteiger partial charge < -0.3 is 0 Å². The average molecular weight is 180 g/mol. The molecule has 0 aliphatic carbocycles. The number of hydrogen-bond acceptors (Lipinski definition) is 7. The van der Waals surface area contributed by atoms with Gasteiger partial charge in [0.25, 0.3) is 0 Å². The second-order valence-electron chi connectivity index (χ2n) is 1.32. The highest BCUT2D eigenvalue weighted by atomic mass is 32.2. The molecule has 0 saturated carbocycles. The summed E-state index contributed by atoms with van der Waals surface area (Å²) in [5, 5.41) is 12.3. The van der Waals surface area contributed by atoms with Crippen molar-refractivity contribution in [1.29, 1.82) is 0 Å². The molecule has 0 atom stereocenters. The Labute approximate surface area is 65.2 Å². The van der Waals surface area contributed by atoms with E-state index >= 15 is 0 Å². The van der Waals surface area contributed by atoms with Crippen LogP contribution in [0.4, 0.5) is 0 Å². The van der Waals surface area contributed by atoms with Gasteiger partial charge in [0.05, 0.1) is 0 Å². The van der Waals surface area contributed by atoms with Gasteiger partial charge in [0, 0.05) is 0 Å². The molecule has 0 aromatic carbocycles. The topological polar surface area (TPSA) is 64.5 Å². The average Bonchev–Trinajstić information content (AvgIpc) is 2.31. The van der Waals surface area contributed by atoms with Crippen LogP contribution in [0.1, 0.15) is 5.01 Å². The van der Waals surface area contributed by atoms with Gasteiger partial charge in [-0.05, 0) is 18.5 Å². The molecular weight excluding hydrogens is 176 g/mol. The number of aryl methyl sites for hydroxylation is 1. The predicted molar refractivity (Wildman–Crippen MR) is 35.3 cm³/mol. The molecule has 1 rings (SSSR count). The van der Waals surface area contributed by atoms with Crippen molar-refractivity contribution in [2.45, 2.75) is 12.1 Å². The van der Waals surface area contributed by atoms with Gasteiger partial charge in [-0.15, -0.1) is 4.33 Å². The molecular formula is C3H4N2O3S2. The first-order valence-electron chi connectivity index (χ1n) is 2.28. The van der Waals surface area contributed by atoms with Gasteiger partial charge in [0.15, 0.2) is 0 Å². The van der Waals surface area contributed by atoms with E-state index in [0.29, 0.717) is 5.16 Å². The summed E-state index contributed by atoms with van der Waals surface area (Å²) in [7, 11) is 0. The Kier molecular flexibility index (Phi) is 3.03. The van der Waals surface area contributed by atoms with Crippen molar-refractivity contribution in [1.82, 2.24) is 9.36 Å². The maximum absolute atomic E-state index is 7.74. The van der Waals surface area contributed by atoms with Crippen LogP contribution in [0.2, 0.25) is 0 Å². The Balaban J connectivity index is 2.42. The van der Waals surface area contributed by atoms with Crippen LogP contribution < -0.4 is 0 Å². The van der Waals surface area contributed by atoms with Gasteiger partial charge in [-0.1, -0.05) is 5.04 Å². The second-order valence-corrected chi connectivity index (χ2v) is 2.95. The van der Waals surface area contributed by atoms with Crippen LogP contribution in [0.5, 0.6) is 0 Å². The zero-order valence-electron chi connectivity index (χ0n) is 4.97. The molecule has 0 unspecified atom stereocenters. The van der Waals surface area contributed by atoms with Gasteiger partial charge in [-0.25, -0.2) is 10.2 Å². The summed E-state index contributed by atoms with van der Waals surface area (Å²) in [6, 6.07) is 0. The lowest BCUT2D eigenvalue weighted by atomic mass is 10.8. The van der Waals surface area contributed by atoms with Crippen LogP contribution in [0.3, 0.4) is 0 Å². The van der Waals surface area contributed by atoms with Crippen LogP contribution in [0, 0.1) is 6.92 Å². The highest BCUT2D eigenvalue weighted by molar-refractivity contribution is 7.94. The second kappa shape index (κ2) is 3.84. The maximum atomic E-state index is 7.74. The van der Waals surface area contributed by atoms with E-state index in [9.17, 15) is 0 Å². The third-order valence-electron chi connectivity index (χ3n) is 0.648. The lowest BCUT2D eigenvalue weighted by Gasteiger charge is -1.86. The normalized spacial score (nSPS) is 10.2. The number of aromatic nitrogens is 2. The van der Waals surface area contributed by atoms with Gasteiger partial charge >= 0.3 is 0 Å². The fraction of sp³-hybridized carbons (Fsp3) is 0.333. The Hall–Kier alpha value is -0.210. The predicted octanol–water partition coefficient (Wildman–Crippen LogP) is 1.27. The molecule has 56 valence electrons. The van der Waals surface area contributed by atoms with E-state index in [4.69, 9.17) is 5.26 Å². The molecule has 0 bridgehead atoms. The van der Waals surface area contributed by atoms with Crippen LogP contribution in [0.25, 0.3) is 0 Å². The van der Waals surface area contributed by atoms with Gasteiger partial charge in [0.2, 0.25) is 5.16 Å². The SMILES string of the molecule is Cc1nc(SOOO)ns1. The zero-order chi connectivity index (χ0) is 7.40. The molecule has 10 heavy (non-hydrogen) atoms. The van der Waals surface area contributed by atoms with Crippen molar-refractivity contribution in [2.24, 2.45) is 0 Å². The van der Waals surface area contributed by atoms with Gasteiger partial charge in [-0.2, -0.15) is 4.37 Å². The molecule has 0 aliphatic rings.